The van der Waals surface area contributed by atoms with E-state index in [0.717, 1.165) is 22.8 Å². The number of para-hydroxylation sites is 2. The van der Waals surface area contributed by atoms with Gasteiger partial charge in [-0.15, -0.1) is 11.3 Å². The fourth-order valence-corrected chi connectivity index (χ4v) is 6.72. The molecule has 3 rings (SSSR count). The number of carbonyl (C=O) groups excluding carboxylic acids is 1. The van der Waals surface area contributed by atoms with Crippen molar-refractivity contribution in [3.05, 3.63) is 50.7 Å². The SMILES string of the molecule is O=C(NCCNc1ccccc1[N+](=O)[O-])c1sccc1S(=O)(=O)N1CCSCC1. The van der Waals surface area contributed by atoms with Gasteiger partial charge in [0.05, 0.1) is 4.92 Å². The second-order valence-electron chi connectivity index (χ2n) is 6.09. The second-order valence-corrected chi connectivity index (χ2v) is 10.1. The second kappa shape index (κ2) is 9.57. The Morgan fingerprint density at radius 2 is 1.90 bits per heavy atom. The van der Waals surface area contributed by atoms with E-state index in [4.69, 9.17) is 0 Å². The first-order valence-corrected chi connectivity index (χ1v) is 12.3. The van der Waals surface area contributed by atoms with Gasteiger partial charge in [0, 0.05) is 43.8 Å². The molecule has 1 aromatic carbocycles. The van der Waals surface area contributed by atoms with Crippen molar-refractivity contribution in [3.8, 4) is 0 Å². The molecule has 1 amide bonds. The fraction of sp³-hybridized carbons (Fsp3) is 0.353. The van der Waals surface area contributed by atoms with Crippen molar-refractivity contribution in [2.45, 2.75) is 4.90 Å². The van der Waals surface area contributed by atoms with Gasteiger partial charge in [-0.3, -0.25) is 14.9 Å². The van der Waals surface area contributed by atoms with Crippen LogP contribution in [0.2, 0.25) is 0 Å². The maximum Gasteiger partial charge on any atom is 0.292 e. The Kier molecular flexibility index (Phi) is 7.11. The van der Waals surface area contributed by atoms with Crippen LogP contribution in [-0.4, -0.2) is 61.2 Å². The number of thiophene rings is 1. The molecule has 1 aromatic heterocycles. The molecule has 2 N–H and O–H groups in total. The zero-order chi connectivity index (χ0) is 20.9. The Morgan fingerprint density at radius 1 is 1.17 bits per heavy atom. The van der Waals surface area contributed by atoms with Crippen LogP contribution < -0.4 is 10.6 Å². The third-order valence-electron chi connectivity index (χ3n) is 4.25. The van der Waals surface area contributed by atoms with Crippen LogP contribution >= 0.6 is 23.1 Å². The first-order chi connectivity index (χ1) is 13.9. The number of hydrogen-bond donors (Lipinski definition) is 2. The lowest BCUT2D eigenvalue weighted by molar-refractivity contribution is -0.384. The molecule has 0 saturated carbocycles. The molecule has 2 heterocycles. The van der Waals surface area contributed by atoms with E-state index in [-0.39, 0.29) is 28.5 Å². The number of thioether (sulfide) groups is 1. The Labute approximate surface area is 176 Å². The molecule has 1 aliphatic heterocycles. The van der Waals surface area contributed by atoms with E-state index in [0.29, 0.717) is 18.8 Å². The smallest absolute Gasteiger partial charge is 0.292 e. The summed E-state index contributed by atoms with van der Waals surface area (Å²) < 4.78 is 27.1. The number of nitrogens with one attached hydrogen (secondary N) is 2. The van der Waals surface area contributed by atoms with E-state index in [1.54, 1.807) is 35.3 Å². The van der Waals surface area contributed by atoms with Gasteiger partial charge >= 0.3 is 0 Å². The summed E-state index contributed by atoms with van der Waals surface area (Å²) in [6, 6.07) is 7.69. The van der Waals surface area contributed by atoms with Gasteiger partial charge in [-0.2, -0.15) is 16.1 Å². The summed E-state index contributed by atoms with van der Waals surface area (Å²) in [7, 11) is -3.70. The Bertz CT molecular complexity index is 986. The maximum absolute atomic E-state index is 12.9. The number of carbonyl (C=O) groups is 1. The van der Waals surface area contributed by atoms with Crippen LogP contribution in [0.5, 0.6) is 0 Å². The van der Waals surface area contributed by atoms with Crippen molar-refractivity contribution in [1.82, 2.24) is 9.62 Å². The molecule has 1 aliphatic rings. The Balaban J connectivity index is 1.60. The highest BCUT2D eigenvalue weighted by molar-refractivity contribution is 7.99. The van der Waals surface area contributed by atoms with E-state index in [2.05, 4.69) is 10.6 Å². The number of nitro groups is 1. The highest BCUT2D eigenvalue weighted by Crippen LogP contribution is 2.27. The van der Waals surface area contributed by atoms with E-state index in [1.807, 2.05) is 0 Å². The van der Waals surface area contributed by atoms with Crippen molar-refractivity contribution < 1.29 is 18.1 Å². The average Bonchev–Trinajstić information content (AvgIpc) is 3.23. The lowest BCUT2D eigenvalue weighted by atomic mass is 10.2. The summed E-state index contributed by atoms with van der Waals surface area (Å²) in [5, 5.41) is 18.2. The monoisotopic (exact) mass is 456 g/mol. The molecular formula is C17H20N4O5S3. The number of rotatable bonds is 8. The minimum Gasteiger partial charge on any atom is -0.378 e. The molecule has 29 heavy (non-hydrogen) atoms. The molecule has 1 fully saturated rings. The highest BCUT2D eigenvalue weighted by Gasteiger charge is 2.31. The first kappa shape index (κ1) is 21.6. The number of benzene rings is 1. The van der Waals surface area contributed by atoms with Gasteiger partial charge in [-0.1, -0.05) is 12.1 Å². The van der Waals surface area contributed by atoms with Gasteiger partial charge in [0.2, 0.25) is 10.0 Å². The number of nitro benzene ring substituents is 1. The number of sulfonamides is 1. The van der Waals surface area contributed by atoms with E-state index >= 15 is 0 Å². The third kappa shape index (κ3) is 5.07. The summed E-state index contributed by atoms with van der Waals surface area (Å²) in [4.78, 5) is 23.2. The minimum atomic E-state index is -3.70. The van der Waals surface area contributed by atoms with Crippen LogP contribution in [0.4, 0.5) is 11.4 Å². The Hall–Kier alpha value is -2.15. The van der Waals surface area contributed by atoms with Crippen molar-refractivity contribution in [3.63, 3.8) is 0 Å². The van der Waals surface area contributed by atoms with Gasteiger partial charge in [0.15, 0.2) is 0 Å². The summed E-state index contributed by atoms with van der Waals surface area (Å²) >= 11 is 2.78. The third-order valence-corrected chi connectivity index (χ3v) is 8.18. The zero-order valence-corrected chi connectivity index (χ0v) is 17.8. The molecule has 0 unspecified atom stereocenters. The molecule has 9 nitrogen and oxygen atoms in total. The molecule has 0 aliphatic carbocycles. The lowest BCUT2D eigenvalue weighted by Crippen LogP contribution is -2.38. The van der Waals surface area contributed by atoms with Crippen molar-refractivity contribution in [2.75, 3.05) is 43.0 Å². The molecule has 0 radical (unpaired) electrons. The zero-order valence-electron chi connectivity index (χ0n) is 15.4. The van der Waals surface area contributed by atoms with E-state index in [9.17, 15) is 23.3 Å². The summed E-state index contributed by atoms with van der Waals surface area (Å²) in [5.74, 6) is 0.999. The predicted octanol–water partition coefficient (Wildman–Crippen LogP) is 2.24. The van der Waals surface area contributed by atoms with Gasteiger partial charge in [-0.25, -0.2) is 8.42 Å². The molecule has 156 valence electrons. The van der Waals surface area contributed by atoms with Gasteiger partial charge in [-0.05, 0) is 17.5 Å². The Morgan fingerprint density at radius 3 is 2.62 bits per heavy atom. The van der Waals surface area contributed by atoms with E-state index < -0.39 is 20.9 Å². The summed E-state index contributed by atoms with van der Waals surface area (Å²) in [6.45, 7) is 1.31. The minimum absolute atomic E-state index is 0.0264. The molecule has 0 bridgehead atoms. The van der Waals surface area contributed by atoms with Gasteiger partial charge in [0.25, 0.3) is 11.6 Å². The maximum atomic E-state index is 12.9. The van der Waals surface area contributed by atoms with Crippen molar-refractivity contribution in [1.29, 1.82) is 0 Å². The molecule has 2 aromatic rings. The quantitative estimate of drug-likeness (QED) is 0.355. The van der Waals surface area contributed by atoms with Crippen LogP contribution in [0.3, 0.4) is 0 Å². The van der Waals surface area contributed by atoms with Crippen LogP contribution in [0.25, 0.3) is 0 Å². The summed E-state index contributed by atoms with van der Waals surface area (Å²) in [5.41, 5.74) is 0.305. The number of nitrogens with zero attached hydrogens (tertiary/aromatic N) is 2. The normalized spacial score (nSPS) is 15.0. The molecule has 0 spiro atoms. The standard InChI is InChI=1S/C17H20N4O5S3/c22-17(19-7-6-18-13-3-1-2-4-14(13)21(23)24)16-15(5-10-28-16)29(25,26)20-8-11-27-12-9-20/h1-5,10,18H,6-9,11-12H2,(H,19,22). The summed E-state index contributed by atoms with van der Waals surface area (Å²) in [6.07, 6.45) is 0. The molecule has 12 heteroatoms. The molecular weight excluding hydrogens is 436 g/mol. The van der Waals surface area contributed by atoms with Crippen LogP contribution in [0.15, 0.2) is 40.6 Å². The van der Waals surface area contributed by atoms with Gasteiger partial charge < -0.3 is 10.6 Å². The number of anilines is 1. The van der Waals surface area contributed by atoms with Crippen molar-refractivity contribution in [2.24, 2.45) is 0 Å². The fourth-order valence-electron chi connectivity index (χ4n) is 2.83. The number of hydrogen-bond acceptors (Lipinski definition) is 8. The van der Waals surface area contributed by atoms with Crippen LogP contribution in [-0.2, 0) is 10.0 Å². The molecule has 1 saturated heterocycles. The average molecular weight is 457 g/mol. The number of amides is 1. The topological polar surface area (TPSA) is 122 Å². The predicted molar refractivity (Wildman–Crippen MR) is 114 cm³/mol. The van der Waals surface area contributed by atoms with Crippen molar-refractivity contribution >= 4 is 50.4 Å². The highest BCUT2D eigenvalue weighted by atomic mass is 32.2. The molecule has 0 atom stereocenters. The van der Waals surface area contributed by atoms with E-state index in [1.165, 1.54) is 16.4 Å². The largest absolute Gasteiger partial charge is 0.378 e. The first-order valence-electron chi connectivity index (χ1n) is 8.82. The van der Waals surface area contributed by atoms with Gasteiger partial charge in [0.1, 0.15) is 15.5 Å². The lowest BCUT2D eigenvalue weighted by Gasteiger charge is -2.25. The van der Waals surface area contributed by atoms with Crippen LogP contribution in [0, 0.1) is 10.1 Å². The van der Waals surface area contributed by atoms with Crippen LogP contribution in [0.1, 0.15) is 9.67 Å².